The van der Waals surface area contributed by atoms with E-state index in [9.17, 15) is 0 Å². The minimum Gasteiger partial charge on any atom is -0.493 e. The standard InChI is InChI=1S/C11H14O2/c1-8-7-13-10-4-2-3-9(5-6-12)11(8)10/h2-4,8,12H,5-7H2,1H3. The number of fused-ring (bicyclic) bond motifs is 1. The zero-order chi connectivity index (χ0) is 9.26. The average molecular weight is 178 g/mol. The highest BCUT2D eigenvalue weighted by molar-refractivity contribution is 5.45. The first-order chi connectivity index (χ1) is 6.33. The van der Waals surface area contributed by atoms with Crippen LogP contribution in [0.2, 0.25) is 0 Å². The van der Waals surface area contributed by atoms with E-state index < -0.39 is 0 Å². The molecule has 0 amide bonds. The van der Waals surface area contributed by atoms with Crippen LogP contribution >= 0.6 is 0 Å². The summed E-state index contributed by atoms with van der Waals surface area (Å²) in [4.78, 5) is 0. The molecule has 1 N–H and O–H groups in total. The van der Waals surface area contributed by atoms with Gasteiger partial charge in [-0.05, 0) is 18.1 Å². The first-order valence-corrected chi connectivity index (χ1v) is 4.68. The zero-order valence-electron chi connectivity index (χ0n) is 7.79. The third kappa shape index (κ3) is 1.42. The van der Waals surface area contributed by atoms with E-state index in [-0.39, 0.29) is 6.61 Å². The maximum absolute atomic E-state index is 8.90. The SMILES string of the molecule is CC1COc2cccc(CCO)c21. The van der Waals surface area contributed by atoms with Crippen molar-refractivity contribution in [3.8, 4) is 5.75 Å². The molecule has 1 heterocycles. The molecule has 1 aliphatic rings. The van der Waals surface area contributed by atoms with Crippen LogP contribution in [0.3, 0.4) is 0 Å². The lowest BCUT2D eigenvalue weighted by atomic mass is 9.96. The number of aliphatic hydroxyl groups is 1. The number of hydrogen-bond donors (Lipinski definition) is 1. The summed E-state index contributed by atoms with van der Waals surface area (Å²) >= 11 is 0. The van der Waals surface area contributed by atoms with Gasteiger partial charge in [0, 0.05) is 18.1 Å². The Kier molecular flexibility index (Phi) is 2.23. The number of ether oxygens (including phenoxy) is 1. The van der Waals surface area contributed by atoms with Crippen LogP contribution in [0.1, 0.15) is 24.0 Å². The Morgan fingerprint density at radius 3 is 3.15 bits per heavy atom. The van der Waals surface area contributed by atoms with Crippen LogP contribution in [0, 0.1) is 0 Å². The van der Waals surface area contributed by atoms with Crippen molar-refractivity contribution in [3.63, 3.8) is 0 Å². The highest BCUT2D eigenvalue weighted by atomic mass is 16.5. The largest absolute Gasteiger partial charge is 0.493 e. The Morgan fingerprint density at radius 2 is 2.38 bits per heavy atom. The first-order valence-electron chi connectivity index (χ1n) is 4.68. The predicted octanol–water partition coefficient (Wildman–Crippen LogP) is 1.72. The van der Waals surface area contributed by atoms with E-state index in [0.717, 1.165) is 18.8 Å². The minimum absolute atomic E-state index is 0.211. The second kappa shape index (κ2) is 3.38. The van der Waals surface area contributed by atoms with Crippen molar-refractivity contribution >= 4 is 0 Å². The molecular formula is C11H14O2. The summed E-state index contributed by atoms with van der Waals surface area (Å²) in [5.74, 6) is 1.47. The van der Waals surface area contributed by atoms with Gasteiger partial charge in [0.2, 0.25) is 0 Å². The van der Waals surface area contributed by atoms with E-state index in [1.54, 1.807) is 0 Å². The smallest absolute Gasteiger partial charge is 0.123 e. The Morgan fingerprint density at radius 1 is 1.54 bits per heavy atom. The Hall–Kier alpha value is -1.02. The van der Waals surface area contributed by atoms with Gasteiger partial charge in [0.15, 0.2) is 0 Å². The molecule has 0 saturated carbocycles. The van der Waals surface area contributed by atoms with E-state index in [1.165, 1.54) is 11.1 Å². The van der Waals surface area contributed by atoms with Crippen molar-refractivity contribution in [2.45, 2.75) is 19.3 Å². The van der Waals surface area contributed by atoms with Gasteiger partial charge in [-0.1, -0.05) is 19.1 Å². The maximum atomic E-state index is 8.90. The lowest BCUT2D eigenvalue weighted by Gasteiger charge is -2.07. The van der Waals surface area contributed by atoms with Gasteiger partial charge in [-0.15, -0.1) is 0 Å². The molecular weight excluding hydrogens is 164 g/mol. The molecule has 0 saturated heterocycles. The maximum Gasteiger partial charge on any atom is 0.123 e. The van der Waals surface area contributed by atoms with Gasteiger partial charge in [0.1, 0.15) is 5.75 Å². The van der Waals surface area contributed by atoms with Crippen LogP contribution < -0.4 is 4.74 Å². The quantitative estimate of drug-likeness (QED) is 0.747. The van der Waals surface area contributed by atoms with Gasteiger partial charge >= 0.3 is 0 Å². The fraction of sp³-hybridized carbons (Fsp3) is 0.455. The number of aliphatic hydroxyl groups excluding tert-OH is 1. The summed E-state index contributed by atoms with van der Waals surface area (Å²) in [7, 11) is 0. The molecule has 0 aromatic heterocycles. The van der Waals surface area contributed by atoms with Crippen LogP contribution in [0.25, 0.3) is 0 Å². The van der Waals surface area contributed by atoms with Crippen molar-refractivity contribution in [1.82, 2.24) is 0 Å². The lowest BCUT2D eigenvalue weighted by molar-refractivity contribution is 0.299. The number of hydrogen-bond acceptors (Lipinski definition) is 2. The van der Waals surface area contributed by atoms with Gasteiger partial charge in [0.05, 0.1) is 6.61 Å². The van der Waals surface area contributed by atoms with Gasteiger partial charge in [-0.25, -0.2) is 0 Å². The molecule has 13 heavy (non-hydrogen) atoms. The normalized spacial score (nSPS) is 19.7. The van der Waals surface area contributed by atoms with E-state index in [1.807, 2.05) is 12.1 Å². The molecule has 1 atom stereocenters. The topological polar surface area (TPSA) is 29.5 Å². The predicted molar refractivity (Wildman–Crippen MR) is 51.1 cm³/mol. The molecule has 1 aromatic rings. The third-order valence-corrected chi connectivity index (χ3v) is 2.52. The van der Waals surface area contributed by atoms with E-state index in [0.29, 0.717) is 5.92 Å². The summed E-state index contributed by atoms with van der Waals surface area (Å²) in [5, 5.41) is 8.90. The van der Waals surface area contributed by atoms with E-state index >= 15 is 0 Å². The Bertz CT molecular complexity index is 307. The Labute approximate surface area is 78.2 Å². The Balaban J connectivity index is 2.41. The molecule has 0 fully saturated rings. The van der Waals surface area contributed by atoms with Crippen molar-refractivity contribution in [2.75, 3.05) is 13.2 Å². The van der Waals surface area contributed by atoms with Gasteiger partial charge < -0.3 is 9.84 Å². The van der Waals surface area contributed by atoms with Crippen molar-refractivity contribution < 1.29 is 9.84 Å². The summed E-state index contributed by atoms with van der Waals surface area (Å²) in [6.45, 7) is 3.15. The van der Waals surface area contributed by atoms with Crippen LogP contribution in [-0.2, 0) is 6.42 Å². The second-order valence-corrected chi connectivity index (χ2v) is 3.51. The van der Waals surface area contributed by atoms with Gasteiger partial charge in [0.25, 0.3) is 0 Å². The fourth-order valence-electron chi connectivity index (χ4n) is 1.91. The molecule has 2 nitrogen and oxygen atoms in total. The van der Waals surface area contributed by atoms with E-state index in [2.05, 4.69) is 13.0 Å². The number of rotatable bonds is 2. The number of benzene rings is 1. The summed E-state index contributed by atoms with van der Waals surface area (Å²) in [6.07, 6.45) is 0.733. The highest BCUT2D eigenvalue weighted by Crippen LogP contribution is 2.36. The van der Waals surface area contributed by atoms with Crippen LogP contribution in [0.5, 0.6) is 5.75 Å². The minimum atomic E-state index is 0.211. The second-order valence-electron chi connectivity index (χ2n) is 3.51. The molecule has 0 aliphatic carbocycles. The summed E-state index contributed by atoms with van der Waals surface area (Å²) < 4.78 is 5.52. The van der Waals surface area contributed by atoms with Crippen LogP contribution in [0.4, 0.5) is 0 Å². The third-order valence-electron chi connectivity index (χ3n) is 2.52. The highest BCUT2D eigenvalue weighted by Gasteiger charge is 2.22. The molecule has 0 bridgehead atoms. The molecule has 2 heteroatoms. The van der Waals surface area contributed by atoms with Crippen molar-refractivity contribution in [3.05, 3.63) is 29.3 Å². The van der Waals surface area contributed by atoms with Crippen molar-refractivity contribution in [2.24, 2.45) is 0 Å². The fourth-order valence-corrected chi connectivity index (χ4v) is 1.91. The van der Waals surface area contributed by atoms with Crippen LogP contribution in [0.15, 0.2) is 18.2 Å². The molecule has 0 spiro atoms. The van der Waals surface area contributed by atoms with Crippen molar-refractivity contribution in [1.29, 1.82) is 0 Å². The average Bonchev–Trinajstić information content (AvgIpc) is 2.50. The van der Waals surface area contributed by atoms with E-state index in [4.69, 9.17) is 9.84 Å². The molecule has 1 aromatic carbocycles. The first kappa shape index (κ1) is 8.57. The molecule has 0 radical (unpaired) electrons. The van der Waals surface area contributed by atoms with Gasteiger partial charge in [-0.3, -0.25) is 0 Å². The summed E-state index contributed by atoms with van der Waals surface area (Å²) in [5.41, 5.74) is 2.52. The molecule has 1 unspecified atom stereocenters. The van der Waals surface area contributed by atoms with Gasteiger partial charge in [-0.2, -0.15) is 0 Å². The molecule has 2 rings (SSSR count). The molecule has 70 valence electrons. The lowest BCUT2D eigenvalue weighted by Crippen LogP contribution is -1.99. The monoisotopic (exact) mass is 178 g/mol. The molecule has 1 aliphatic heterocycles. The summed E-state index contributed by atoms with van der Waals surface area (Å²) in [6, 6.07) is 6.06. The van der Waals surface area contributed by atoms with Crippen LogP contribution in [-0.4, -0.2) is 18.3 Å². The zero-order valence-corrected chi connectivity index (χ0v) is 7.79.